The Hall–Kier alpha value is -2.29. The second-order valence-corrected chi connectivity index (χ2v) is 4.37. The fraction of sp³-hybridized carbons (Fsp3) is 0.125. The van der Waals surface area contributed by atoms with Gasteiger partial charge in [-0.3, -0.25) is 0 Å². The Kier molecular flexibility index (Phi) is 3.19. The lowest BCUT2D eigenvalue weighted by Gasteiger charge is -2.08. The zero-order valence-corrected chi connectivity index (χ0v) is 10.4. The molecule has 19 heavy (non-hydrogen) atoms. The molecule has 1 aromatic heterocycles. The highest BCUT2D eigenvalue weighted by molar-refractivity contribution is 5.79. The zero-order valence-electron chi connectivity index (χ0n) is 10.4. The summed E-state index contributed by atoms with van der Waals surface area (Å²) in [4.78, 5) is 0. The zero-order chi connectivity index (χ0) is 13.1. The third kappa shape index (κ3) is 2.60. The number of rotatable bonds is 4. The summed E-state index contributed by atoms with van der Waals surface area (Å²) >= 11 is 0. The van der Waals surface area contributed by atoms with Crippen molar-refractivity contribution in [3.05, 3.63) is 66.6 Å². The van der Waals surface area contributed by atoms with Crippen LogP contribution in [0, 0.1) is 5.82 Å². The molecule has 96 valence electrons. The van der Waals surface area contributed by atoms with E-state index in [1.807, 2.05) is 12.1 Å². The van der Waals surface area contributed by atoms with E-state index in [4.69, 9.17) is 4.74 Å². The first-order chi connectivity index (χ1) is 9.33. The van der Waals surface area contributed by atoms with Crippen LogP contribution in [0.25, 0.3) is 10.9 Å². The number of nitrogens with zero attached hydrogens (tertiary/aromatic N) is 1. The van der Waals surface area contributed by atoms with Crippen molar-refractivity contribution in [2.24, 2.45) is 0 Å². The first-order valence-corrected chi connectivity index (χ1v) is 6.25. The largest absolute Gasteiger partial charge is 0.492 e. The summed E-state index contributed by atoms with van der Waals surface area (Å²) in [6, 6.07) is 16.4. The molecular weight excluding hydrogens is 241 g/mol. The Morgan fingerprint density at radius 2 is 1.74 bits per heavy atom. The summed E-state index contributed by atoms with van der Waals surface area (Å²) in [6.07, 6.45) is 2.05. The molecule has 3 rings (SSSR count). The van der Waals surface area contributed by atoms with Gasteiger partial charge in [0.25, 0.3) is 0 Å². The van der Waals surface area contributed by atoms with Crippen molar-refractivity contribution in [3.63, 3.8) is 0 Å². The Labute approximate surface area is 111 Å². The molecule has 0 radical (unpaired) electrons. The van der Waals surface area contributed by atoms with Crippen molar-refractivity contribution in [2.45, 2.75) is 6.54 Å². The van der Waals surface area contributed by atoms with Crippen LogP contribution in [0.4, 0.5) is 4.39 Å². The van der Waals surface area contributed by atoms with Gasteiger partial charge >= 0.3 is 0 Å². The molecule has 0 unspecified atom stereocenters. The van der Waals surface area contributed by atoms with E-state index in [0.29, 0.717) is 12.4 Å². The number of halogens is 1. The third-order valence-electron chi connectivity index (χ3n) is 3.09. The molecule has 0 aliphatic rings. The summed E-state index contributed by atoms with van der Waals surface area (Å²) in [7, 11) is 0. The lowest BCUT2D eigenvalue weighted by atomic mass is 10.2. The summed E-state index contributed by atoms with van der Waals surface area (Å²) in [5.41, 5.74) is 1.20. The van der Waals surface area contributed by atoms with Crippen LogP contribution in [0.2, 0.25) is 0 Å². The van der Waals surface area contributed by atoms with Gasteiger partial charge in [-0.15, -0.1) is 0 Å². The van der Waals surface area contributed by atoms with Gasteiger partial charge in [-0.25, -0.2) is 4.39 Å². The minimum atomic E-state index is -0.247. The molecule has 2 nitrogen and oxygen atoms in total. The molecule has 3 heteroatoms. The van der Waals surface area contributed by atoms with E-state index >= 15 is 0 Å². The van der Waals surface area contributed by atoms with E-state index in [1.165, 1.54) is 23.0 Å². The number of hydrogen-bond acceptors (Lipinski definition) is 1. The molecule has 1 heterocycles. The van der Waals surface area contributed by atoms with Gasteiger partial charge in [0.15, 0.2) is 0 Å². The van der Waals surface area contributed by atoms with Gasteiger partial charge in [-0.2, -0.15) is 0 Å². The molecule has 0 N–H and O–H groups in total. The Bertz CT molecular complexity index is 673. The first kappa shape index (κ1) is 11.8. The summed E-state index contributed by atoms with van der Waals surface area (Å²) in [5, 5.41) is 1.23. The van der Waals surface area contributed by atoms with Gasteiger partial charge in [-0.05, 0) is 41.8 Å². The van der Waals surface area contributed by atoms with Gasteiger partial charge in [0.05, 0.1) is 6.54 Å². The van der Waals surface area contributed by atoms with Crippen molar-refractivity contribution in [3.8, 4) is 5.75 Å². The van der Waals surface area contributed by atoms with E-state index in [2.05, 4.69) is 29.0 Å². The first-order valence-electron chi connectivity index (χ1n) is 6.25. The van der Waals surface area contributed by atoms with Gasteiger partial charge in [0.1, 0.15) is 18.2 Å². The van der Waals surface area contributed by atoms with E-state index in [-0.39, 0.29) is 5.82 Å². The Morgan fingerprint density at radius 1 is 0.947 bits per heavy atom. The normalized spacial score (nSPS) is 10.8. The summed E-state index contributed by atoms with van der Waals surface area (Å²) < 4.78 is 20.5. The molecule has 0 fully saturated rings. The van der Waals surface area contributed by atoms with Crippen LogP contribution < -0.4 is 4.74 Å². The third-order valence-corrected chi connectivity index (χ3v) is 3.09. The second kappa shape index (κ2) is 5.14. The molecule has 2 aromatic carbocycles. The molecule has 0 saturated carbocycles. The van der Waals surface area contributed by atoms with Gasteiger partial charge in [0, 0.05) is 11.7 Å². The minimum absolute atomic E-state index is 0.247. The molecule has 0 atom stereocenters. The van der Waals surface area contributed by atoms with Crippen LogP contribution in [0.1, 0.15) is 0 Å². The fourth-order valence-corrected chi connectivity index (χ4v) is 2.13. The lowest BCUT2D eigenvalue weighted by Crippen LogP contribution is -2.07. The van der Waals surface area contributed by atoms with E-state index in [9.17, 15) is 4.39 Å². The lowest BCUT2D eigenvalue weighted by molar-refractivity contribution is 0.300. The molecule has 0 saturated heterocycles. The SMILES string of the molecule is Fc1ccc(OCCn2ccc3ccccc32)cc1. The van der Waals surface area contributed by atoms with Crippen molar-refractivity contribution in [2.75, 3.05) is 6.61 Å². The highest BCUT2D eigenvalue weighted by Gasteiger charge is 2.00. The Balaban J connectivity index is 1.65. The van der Waals surface area contributed by atoms with E-state index in [1.54, 1.807) is 12.1 Å². The topological polar surface area (TPSA) is 14.2 Å². The quantitative estimate of drug-likeness (QED) is 0.690. The predicted octanol–water partition coefficient (Wildman–Crippen LogP) is 3.86. The van der Waals surface area contributed by atoms with Crippen molar-refractivity contribution >= 4 is 10.9 Å². The number of aromatic nitrogens is 1. The molecule has 0 amide bonds. The average molecular weight is 255 g/mol. The standard InChI is InChI=1S/C16H14FNO/c17-14-5-7-15(8-6-14)19-12-11-18-10-9-13-3-1-2-4-16(13)18/h1-10H,11-12H2. The maximum Gasteiger partial charge on any atom is 0.123 e. The molecular formula is C16H14FNO. The predicted molar refractivity (Wildman–Crippen MR) is 73.8 cm³/mol. The average Bonchev–Trinajstić information content (AvgIpc) is 2.85. The smallest absolute Gasteiger partial charge is 0.123 e. The molecule has 0 aliphatic carbocycles. The number of fused-ring (bicyclic) bond motifs is 1. The van der Waals surface area contributed by atoms with Gasteiger partial charge in [0.2, 0.25) is 0 Å². The maximum atomic E-state index is 12.7. The molecule has 0 bridgehead atoms. The van der Waals surface area contributed by atoms with Crippen LogP contribution in [0.5, 0.6) is 5.75 Å². The van der Waals surface area contributed by atoms with E-state index in [0.717, 1.165) is 6.54 Å². The molecule has 0 spiro atoms. The van der Waals surface area contributed by atoms with Gasteiger partial charge < -0.3 is 9.30 Å². The second-order valence-electron chi connectivity index (χ2n) is 4.37. The number of ether oxygens (including phenoxy) is 1. The molecule has 3 aromatic rings. The number of benzene rings is 2. The van der Waals surface area contributed by atoms with Crippen LogP contribution in [0.3, 0.4) is 0 Å². The van der Waals surface area contributed by atoms with Crippen molar-refractivity contribution in [1.82, 2.24) is 4.57 Å². The minimum Gasteiger partial charge on any atom is -0.492 e. The highest BCUT2D eigenvalue weighted by atomic mass is 19.1. The highest BCUT2D eigenvalue weighted by Crippen LogP contribution is 2.15. The Morgan fingerprint density at radius 3 is 2.58 bits per heavy atom. The van der Waals surface area contributed by atoms with Crippen LogP contribution in [-0.4, -0.2) is 11.2 Å². The van der Waals surface area contributed by atoms with Crippen LogP contribution >= 0.6 is 0 Å². The summed E-state index contributed by atoms with van der Waals surface area (Å²) in [5.74, 6) is 0.446. The van der Waals surface area contributed by atoms with Crippen LogP contribution in [0.15, 0.2) is 60.8 Å². The van der Waals surface area contributed by atoms with Gasteiger partial charge in [-0.1, -0.05) is 18.2 Å². The maximum absolute atomic E-state index is 12.7. The summed E-state index contributed by atoms with van der Waals surface area (Å²) in [6.45, 7) is 1.33. The number of hydrogen-bond donors (Lipinski definition) is 0. The van der Waals surface area contributed by atoms with Crippen molar-refractivity contribution < 1.29 is 9.13 Å². The van der Waals surface area contributed by atoms with Crippen LogP contribution in [-0.2, 0) is 6.54 Å². The van der Waals surface area contributed by atoms with E-state index < -0.39 is 0 Å². The monoisotopic (exact) mass is 255 g/mol. The number of para-hydroxylation sites is 1. The fourth-order valence-electron chi connectivity index (χ4n) is 2.13. The molecule has 0 aliphatic heterocycles. The van der Waals surface area contributed by atoms with Crippen molar-refractivity contribution in [1.29, 1.82) is 0 Å².